The van der Waals surface area contributed by atoms with Gasteiger partial charge in [-0.2, -0.15) is 0 Å². The number of ether oxygens (including phenoxy) is 1. The molecule has 29 heavy (non-hydrogen) atoms. The maximum absolute atomic E-state index is 13.5. The van der Waals surface area contributed by atoms with Crippen LogP contribution in [0.2, 0.25) is 0 Å². The molecule has 0 bridgehead atoms. The highest BCUT2D eigenvalue weighted by atomic mass is 32.1. The average Bonchev–Trinajstić information content (AvgIpc) is 3.19. The molecule has 148 valence electrons. The van der Waals surface area contributed by atoms with E-state index in [0.717, 1.165) is 21.7 Å². The topological polar surface area (TPSA) is 58.6 Å². The molecule has 6 heteroatoms. The molecule has 1 atom stereocenters. The summed E-state index contributed by atoms with van der Waals surface area (Å²) < 4.78 is 5.48. The lowest BCUT2D eigenvalue weighted by molar-refractivity contribution is -0.117. The molecule has 3 aromatic rings. The van der Waals surface area contributed by atoms with Gasteiger partial charge < -0.3 is 15.0 Å². The summed E-state index contributed by atoms with van der Waals surface area (Å²) in [6.45, 7) is 4.48. The number of rotatable bonds is 4. The van der Waals surface area contributed by atoms with Gasteiger partial charge in [0.1, 0.15) is 12.3 Å². The van der Waals surface area contributed by atoms with Gasteiger partial charge in [0, 0.05) is 21.7 Å². The first-order chi connectivity index (χ1) is 14.1. The van der Waals surface area contributed by atoms with Gasteiger partial charge in [0.2, 0.25) is 5.91 Å². The van der Waals surface area contributed by atoms with Crippen molar-refractivity contribution in [1.82, 2.24) is 4.90 Å². The Balaban J connectivity index is 1.79. The molecule has 2 aromatic carbocycles. The smallest absolute Gasteiger partial charge is 0.255 e. The highest BCUT2D eigenvalue weighted by Gasteiger charge is 2.34. The molecule has 0 radical (unpaired) electrons. The summed E-state index contributed by atoms with van der Waals surface area (Å²) in [4.78, 5) is 28.8. The van der Waals surface area contributed by atoms with E-state index in [9.17, 15) is 9.59 Å². The van der Waals surface area contributed by atoms with Gasteiger partial charge in [-0.1, -0.05) is 23.8 Å². The Morgan fingerprint density at radius 3 is 2.69 bits per heavy atom. The Labute approximate surface area is 173 Å². The highest BCUT2D eigenvalue weighted by molar-refractivity contribution is 7.10. The molecule has 2 heterocycles. The van der Waals surface area contributed by atoms with E-state index in [2.05, 4.69) is 5.32 Å². The molecule has 1 unspecified atom stereocenters. The number of nitrogens with zero attached hydrogens (tertiary/aromatic N) is 1. The number of aryl methyl sites for hydroxylation is 1. The van der Waals surface area contributed by atoms with E-state index in [4.69, 9.17) is 4.74 Å². The third-order valence-corrected chi connectivity index (χ3v) is 5.81. The fraction of sp³-hybridized carbons (Fsp3) is 0.217. The van der Waals surface area contributed by atoms with Gasteiger partial charge in [-0.3, -0.25) is 9.59 Å². The summed E-state index contributed by atoms with van der Waals surface area (Å²) in [6, 6.07) is 16.6. The van der Waals surface area contributed by atoms with Crippen molar-refractivity contribution in [2.45, 2.75) is 19.9 Å². The van der Waals surface area contributed by atoms with Gasteiger partial charge in [0.15, 0.2) is 0 Å². The molecule has 1 aliphatic heterocycles. The number of hydrogen-bond acceptors (Lipinski definition) is 4. The van der Waals surface area contributed by atoms with Gasteiger partial charge >= 0.3 is 0 Å². The van der Waals surface area contributed by atoms with E-state index in [1.54, 1.807) is 40.5 Å². The third kappa shape index (κ3) is 3.89. The van der Waals surface area contributed by atoms with Crippen LogP contribution < -0.4 is 10.1 Å². The number of fused-ring (bicyclic) bond motifs is 1. The molecule has 0 saturated heterocycles. The lowest BCUT2D eigenvalue weighted by atomic mass is 9.99. The molecule has 1 aliphatic rings. The van der Waals surface area contributed by atoms with Crippen molar-refractivity contribution in [2.75, 3.05) is 18.5 Å². The minimum Gasteiger partial charge on any atom is -0.494 e. The lowest BCUT2D eigenvalue weighted by Crippen LogP contribution is -2.38. The van der Waals surface area contributed by atoms with Crippen LogP contribution in [-0.2, 0) is 4.79 Å². The number of nitrogens with one attached hydrogen (secondary N) is 1. The van der Waals surface area contributed by atoms with Crippen LogP contribution in [0, 0.1) is 6.92 Å². The fourth-order valence-electron chi connectivity index (χ4n) is 3.59. The molecule has 5 nitrogen and oxygen atoms in total. The van der Waals surface area contributed by atoms with Crippen LogP contribution in [0.1, 0.15) is 39.3 Å². The zero-order valence-electron chi connectivity index (χ0n) is 16.3. The number of carbonyl (C=O) groups is 2. The van der Waals surface area contributed by atoms with Gasteiger partial charge in [-0.25, -0.2) is 0 Å². The second kappa shape index (κ2) is 8.09. The number of anilines is 1. The molecular weight excluding hydrogens is 384 g/mol. The Morgan fingerprint density at radius 2 is 2.00 bits per heavy atom. The van der Waals surface area contributed by atoms with E-state index in [0.29, 0.717) is 17.9 Å². The van der Waals surface area contributed by atoms with E-state index in [1.165, 1.54) is 0 Å². The third-order valence-electron chi connectivity index (χ3n) is 4.89. The second-order valence-corrected chi connectivity index (χ2v) is 7.93. The summed E-state index contributed by atoms with van der Waals surface area (Å²) in [5, 5.41) is 4.95. The summed E-state index contributed by atoms with van der Waals surface area (Å²) >= 11 is 1.58. The largest absolute Gasteiger partial charge is 0.494 e. The van der Waals surface area contributed by atoms with E-state index >= 15 is 0 Å². The van der Waals surface area contributed by atoms with Crippen LogP contribution in [-0.4, -0.2) is 29.9 Å². The van der Waals surface area contributed by atoms with E-state index < -0.39 is 0 Å². The number of hydrogen-bond donors (Lipinski definition) is 1. The predicted molar refractivity (Wildman–Crippen MR) is 115 cm³/mol. The Morgan fingerprint density at radius 1 is 1.21 bits per heavy atom. The summed E-state index contributed by atoms with van der Waals surface area (Å²) in [7, 11) is 0. The first-order valence-corrected chi connectivity index (χ1v) is 10.4. The van der Waals surface area contributed by atoms with Gasteiger partial charge in [-0.15, -0.1) is 11.3 Å². The molecule has 0 fully saturated rings. The summed E-state index contributed by atoms with van der Waals surface area (Å²) in [5.74, 6) is 0.331. The first kappa shape index (κ1) is 19.2. The summed E-state index contributed by atoms with van der Waals surface area (Å²) in [6.07, 6.45) is 0. The molecular formula is C23H22N2O3S. The monoisotopic (exact) mass is 406 g/mol. The molecule has 4 rings (SSSR count). The first-order valence-electron chi connectivity index (χ1n) is 9.54. The number of amides is 2. The molecule has 2 amide bonds. The van der Waals surface area contributed by atoms with Gasteiger partial charge in [0.05, 0.1) is 12.6 Å². The van der Waals surface area contributed by atoms with Crippen LogP contribution in [0.25, 0.3) is 0 Å². The van der Waals surface area contributed by atoms with Crippen LogP contribution >= 0.6 is 11.3 Å². The Kier molecular flexibility index (Phi) is 5.36. The molecule has 0 spiro atoms. The minimum absolute atomic E-state index is 0.0116. The van der Waals surface area contributed by atoms with E-state index in [-0.39, 0.29) is 24.4 Å². The Hall–Kier alpha value is -3.12. The van der Waals surface area contributed by atoms with Crippen molar-refractivity contribution in [1.29, 1.82) is 0 Å². The number of carbonyl (C=O) groups excluding carboxylic acids is 2. The molecule has 0 saturated carbocycles. The van der Waals surface area contributed by atoms with Crippen molar-refractivity contribution in [3.05, 3.63) is 81.5 Å². The number of benzene rings is 2. The molecule has 1 aromatic heterocycles. The zero-order chi connectivity index (χ0) is 20.4. The zero-order valence-corrected chi connectivity index (χ0v) is 17.2. The molecule has 0 aliphatic carbocycles. The van der Waals surface area contributed by atoms with E-state index in [1.807, 2.05) is 49.6 Å². The fourth-order valence-corrected chi connectivity index (χ4v) is 4.45. The van der Waals surface area contributed by atoms with Gasteiger partial charge in [0.25, 0.3) is 5.91 Å². The Bertz CT molecular complexity index is 1030. The van der Waals surface area contributed by atoms with Crippen molar-refractivity contribution in [2.24, 2.45) is 0 Å². The van der Waals surface area contributed by atoms with Crippen molar-refractivity contribution >= 4 is 28.8 Å². The lowest BCUT2D eigenvalue weighted by Gasteiger charge is -2.29. The molecule has 1 N–H and O–H groups in total. The highest BCUT2D eigenvalue weighted by Crippen LogP contribution is 2.39. The standard InChI is InChI=1S/C23H22N2O3S/c1-3-28-17-9-7-16(8-10-17)23(27)25-14-21(26)24-19-11-6-15(2)13-18(19)22(25)20-5-4-12-29-20/h4-13,22H,3,14H2,1-2H3,(H,24,26). The van der Waals surface area contributed by atoms with Crippen molar-refractivity contribution < 1.29 is 14.3 Å². The average molecular weight is 407 g/mol. The quantitative estimate of drug-likeness (QED) is 0.687. The van der Waals surface area contributed by atoms with Crippen LogP contribution in [0.4, 0.5) is 5.69 Å². The van der Waals surface area contributed by atoms with Crippen molar-refractivity contribution in [3.8, 4) is 5.75 Å². The van der Waals surface area contributed by atoms with Crippen LogP contribution in [0.3, 0.4) is 0 Å². The second-order valence-electron chi connectivity index (χ2n) is 6.95. The SMILES string of the molecule is CCOc1ccc(C(=O)N2CC(=O)Nc3ccc(C)cc3C2c2cccs2)cc1. The summed E-state index contributed by atoms with van der Waals surface area (Å²) in [5.41, 5.74) is 3.28. The van der Waals surface area contributed by atoms with Crippen molar-refractivity contribution in [3.63, 3.8) is 0 Å². The minimum atomic E-state index is -0.331. The van der Waals surface area contributed by atoms with Gasteiger partial charge in [-0.05, 0) is 55.6 Å². The maximum atomic E-state index is 13.5. The van der Waals surface area contributed by atoms with Crippen LogP contribution in [0.5, 0.6) is 5.75 Å². The maximum Gasteiger partial charge on any atom is 0.255 e. The number of thiophene rings is 1. The van der Waals surface area contributed by atoms with Crippen LogP contribution in [0.15, 0.2) is 60.0 Å². The normalized spacial score (nSPS) is 16.0. The predicted octanol–water partition coefficient (Wildman–Crippen LogP) is 4.64.